The molecule has 2 N–H and O–H groups in total. The van der Waals surface area contributed by atoms with Gasteiger partial charge >= 0.3 is 11.1 Å². The molecule has 0 saturated carbocycles. The van der Waals surface area contributed by atoms with Gasteiger partial charge in [-0.1, -0.05) is 0 Å². The van der Waals surface area contributed by atoms with Crippen molar-refractivity contribution in [2.24, 2.45) is 0 Å². The molecule has 2 aromatic heterocycles. The highest BCUT2D eigenvalue weighted by atomic mass is 32.1. The number of benzene rings is 1. The molecule has 0 unspecified atom stereocenters. The maximum atomic E-state index is 13.0. The second-order valence-electron chi connectivity index (χ2n) is 6.05. The van der Waals surface area contributed by atoms with Gasteiger partial charge in [0.05, 0.1) is 17.1 Å². The van der Waals surface area contributed by atoms with Gasteiger partial charge in [0.2, 0.25) is 0 Å². The lowest BCUT2D eigenvalue weighted by Crippen LogP contribution is -2.38. The number of thiazole rings is 1. The number of carbonyl (C=O) groups excluding carboxylic acids is 1. The van der Waals surface area contributed by atoms with Crippen LogP contribution in [0.1, 0.15) is 40.7 Å². The summed E-state index contributed by atoms with van der Waals surface area (Å²) in [6.45, 7) is 0.684. The maximum absolute atomic E-state index is 13.0. The molecule has 8 heteroatoms. The number of nitrogens with one attached hydrogen (secondary N) is 2. The second kappa shape index (κ2) is 6.29. The SMILES string of the molecule is O=C(c1ccc2[nH]c(=O)c(=O)[nH]c2c1)N1CCCC[C@@H]1c1nccs1. The first-order valence-electron chi connectivity index (χ1n) is 8.10. The number of hydrogen-bond donors (Lipinski definition) is 2. The number of H-pyrrole nitrogens is 2. The van der Waals surface area contributed by atoms with E-state index in [0.717, 1.165) is 24.3 Å². The highest BCUT2D eigenvalue weighted by Crippen LogP contribution is 2.33. The van der Waals surface area contributed by atoms with E-state index in [1.807, 2.05) is 10.3 Å². The van der Waals surface area contributed by atoms with E-state index in [4.69, 9.17) is 0 Å². The zero-order valence-electron chi connectivity index (χ0n) is 13.3. The van der Waals surface area contributed by atoms with E-state index >= 15 is 0 Å². The molecule has 1 fully saturated rings. The van der Waals surface area contributed by atoms with Crippen LogP contribution in [0.4, 0.5) is 0 Å². The molecular weight excluding hydrogens is 340 g/mol. The number of hydrogen-bond acceptors (Lipinski definition) is 5. The van der Waals surface area contributed by atoms with Gasteiger partial charge in [-0.15, -0.1) is 11.3 Å². The Labute approximate surface area is 146 Å². The Morgan fingerprint density at radius 1 is 1.16 bits per heavy atom. The summed E-state index contributed by atoms with van der Waals surface area (Å²) in [4.78, 5) is 47.2. The van der Waals surface area contributed by atoms with Crippen molar-refractivity contribution in [1.82, 2.24) is 19.9 Å². The second-order valence-corrected chi connectivity index (χ2v) is 6.98. The van der Waals surface area contributed by atoms with Crippen LogP contribution in [0.2, 0.25) is 0 Å². The zero-order chi connectivity index (χ0) is 17.4. The summed E-state index contributed by atoms with van der Waals surface area (Å²) in [6, 6.07) is 4.92. The Kier molecular flexibility index (Phi) is 3.96. The average molecular weight is 356 g/mol. The fourth-order valence-electron chi connectivity index (χ4n) is 3.24. The molecule has 0 radical (unpaired) electrons. The molecule has 7 nitrogen and oxygen atoms in total. The molecule has 1 aromatic carbocycles. The minimum absolute atomic E-state index is 0.00780. The molecule has 1 amide bonds. The Bertz CT molecular complexity index is 1040. The number of carbonyl (C=O) groups is 1. The van der Waals surface area contributed by atoms with Crippen LogP contribution in [-0.2, 0) is 0 Å². The summed E-state index contributed by atoms with van der Waals surface area (Å²) >= 11 is 1.56. The average Bonchev–Trinajstić information content (AvgIpc) is 3.16. The minimum Gasteiger partial charge on any atom is -0.329 e. The smallest absolute Gasteiger partial charge is 0.314 e. The lowest BCUT2D eigenvalue weighted by atomic mass is 10.0. The van der Waals surface area contributed by atoms with E-state index in [2.05, 4.69) is 15.0 Å². The van der Waals surface area contributed by atoms with Crippen LogP contribution in [0, 0.1) is 0 Å². The van der Waals surface area contributed by atoms with Crippen LogP contribution >= 0.6 is 11.3 Å². The molecule has 3 heterocycles. The molecule has 1 aliphatic rings. The number of aromatic nitrogens is 3. The summed E-state index contributed by atoms with van der Waals surface area (Å²) < 4.78 is 0. The Hall–Kier alpha value is -2.74. The Morgan fingerprint density at radius 3 is 2.72 bits per heavy atom. The predicted molar refractivity (Wildman–Crippen MR) is 94.9 cm³/mol. The molecular formula is C17H16N4O3S. The maximum Gasteiger partial charge on any atom is 0.314 e. The molecule has 0 spiro atoms. The molecule has 1 saturated heterocycles. The molecule has 4 rings (SSSR count). The quantitative estimate of drug-likeness (QED) is 0.687. The summed E-state index contributed by atoms with van der Waals surface area (Å²) in [5.74, 6) is -0.0890. The van der Waals surface area contributed by atoms with E-state index in [0.29, 0.717) is 23.1 Å². The molecule has 0 bridgehead atoms. The molecule has 0 aliphatic carbocycles. The molecule has 128 valence electrons. The molecule has 1 aliphatic heterocycles. The van der Waals surface area contributed by atoms with E-state index < -0.39 is 11.1 Å². The van der Waals surface area contributed by atoms with Gasteiger partial charge in [0, 0.05) is 23.7 Å². The van der Waals surface area contributed by atoms with Crippen molar-refractivity contribution in [3.05, 3.63) is 61.1 Å². The first kappa shape index (κ1) is 15.8. The summed E-state index contributed by atoms with van der Waals surface area (Å²) in [5, 5.41) is 2.87. The van der Waals surface area contributed by atoms with Crippen molar-refractivity contribution >= 4 is 28.3 Å². The van der Waals surface area contributed by atoms with E-state index in [9.17, 15) is 14.4 Å². The summed E-state index contributed by atoms with van der Waals surface area (Å²) in [7, 11) is 0. The fraction of sp³-hybridized carbons (Fsp3) is 0.294. The van der Waals surface area contributed by atoms with E-state index in [1.165, 1.54) is 0 Å². The van der Waals surface area contributed by atoms with Crippen LogP contribution in [0.5, 0.6) is 0 Å². The Balaban J connectivity index is 1.71. The monoisotopic (exact) mass is 356 g/mol. The summed E-state index contributed by atoms with van der Waals surface area (Å²) in [6.07, 6.45) is 4.69. The highest BCUT2D eigenvalue weighted by Gasteiger charge is 2.30. The van der Waals surface area contributed by atoms with Crippen LogP contribution in [0.3, 0.4) is 0 Å². The number of nitrogens with zero attached hydrogens (tertiary/aromatic N) is 2. The Morgan fingerprint density at radius 2 is 1.96 bits per heavy atom. The lowest BCUT2D eigenvalue weighted by Gasteiger charge is -2.34. The molecule has 1 atom stereocenters. The van der Waals surface area contributed by atoms with Crippen molar-refractivity contribution in [3.8, 4) is 0 Å². The number of aromatic amines is 2. The van der Waals surface area contributed by atoms with Gasteiger partial charge in [-0.05, 0) is 37.5 Å². The van der Waals surface area contributed by atoms with Crippen molar-refractivity contribution in [3.63, 3.8) is 0 Å². The number of amides is 1. The third kappa shape index (κ3) is 2.89. The number of fused-ring (bicyclic) bond motifs is 1. The van der Waals surface area contributed by atoms with E-state index in [-0.39, 0.29) is 11.9 Å². The van der Waals surface area contributed by atoms with Crippen LogP contribution in [0.25, 0.3) is 11.0 Å². The standard InChI is InChI=1S/C17H16N4O3S/c22-14-15(23)20-12-9-10(4-5-11(12)19-14)17(24)21-7-2-1-3-13(21)16-18-6-8-25-16/h4-6,8-9,13H,1-3,7H2,(H,19,22)(H,20,23)/t13-/m1/s1. The predicted octanol–water partition coefficient (Wildman–Crippen LogP) is 2.04. The van der Waals surface area contributed by atoms with Gasteiger partial charge in [-0.25, -0.2) is 4.98 Å². The van der Waals surface area contributed by atoms with Gasteiger partial charge in [0.1, 0.15) is 5.01 Å². The summed E-state index contributed by atoms with van der Waals surface area (Å²) in [5.41, 5.74) is -0.00430. The first-order chi connectivity index (χ1) is 12.1. The van der Waals surface area contributed by atoms with Gasteiger partial charge in [0.25, 0.3) is 5.91 Å². The fourth-order valence-corrected chi connectivity index (χ4v) is 4.03. The van der Waals surface area contributed by atoms with Crippen LogP contribution in [-0.4, -0.2) is 32.3 Å². The minimum atomic E-state index is -0.726. The normalized spacial score (nSPS) is 17.8. The topological polar surface area (TPSA) is 98.9 Å². The van der Waals surface area contributed by atoms with Crippen molar-refractivity contribution in [2.75, 3.05) is 6.54 Å². The number of likely N-dealkylation sites (tertiary alicyclic amines) is 1. The third-order valence-electron chi connectivity index (χ3n) is 4.47. The van der Waals surface area contributed by atoms with Gasteiger partial charge in [0.15, 0.2) is 0 Å². The molecule has 25 heavy (non-hydrogen) atoms. The van der Waals surface area contributed by atoms with Crippen molar-refractivity contribution in [2.45, 2.75) is 25.3 Å². The first-order valence-corrected chi connectivity index (χ1v) is 8.98. The van der Waals surface area contributed by atoms with Gasteiger partial charge in [-0.3, -0.25) is 14.4 Å². The van der Waals surface area contributed by atoms with Crippen molar-refractivity contribution in [1.29, 1.82) is 0 Å². The van der Waals surface area contributed by atoms with Crippen molar-refractivity contribution < 1.29 is 4.79 Å². The number of rotatable bonds is 2. The van der Waals surface area contributed by atoms with Crippen LogP contribution < -0.4 is 11.1 Å². The molecule has 3 aromatic rings. The van der Waals surface area contributed by atoms with Crippen LogP contribution in [0.15, 0.2) is 39.4 Å². The lowest BCUT2D eigenvalue weighted by molar-refractivity contribution is 0.0611. The zero-order valence-corrected chi connectivity index (χ0v) is 14.1. The van der Waals surface area contributed by atoms with E-state index in [1.54, 1.807) is 35.7 Å². The largest absolute Gasteiger partial charge is 0.329 e. The third-order valence-corrected chi connectivity index (χ3v) is 5.35. The van der Waals surface area contributed by atoms with Gasteiger partial charge in [-0.2, -0.15) is 0 Å². The van der Waals surface area contributed by atoms with Gasteiger partial charge < -0.3 is 14.9 Å². The number of piperidine rings is 1. The highest BCUT2D eigenvalue weighted by molar-refractivity contribution is 7.09.